The van der Waals surface area contributed by atoms with E-state index < -0.39 is 24.5 Å². The first-order chi connectivity index (χ1) is 8.50. The molecule has 7 heteroatoms. The number of nitrogens with one attached hydrogen (secondary N) is 1. The maximum Gasteiger partial charge on any atom is 0.329 e. The van der Waals surface area contributed by atoms with E-state index in [2.05, 4.69) is 10.1 Å². The predicted molar refractivity (Wildman–Crippen MR) is 61.9 cm³/mol. The first-order valence-electron chi connectivity index (χ1n) is 5.88. The second kappa shape index (κ2) is 6.95. The van der Waals surface area contributed by atoms with Crippen molar-refractivity contribution in [3.05, 3.63) is 0 Å². The molecule has 0 saturated carbocycles. The zero-order valence-corrected chi connectivity index (χ0v) is 10.3. The van der Waals surface area contributed by atoms with Crippen molar-refractivity contribution in [3.63, 3.8) is 0 Å². The standard InChI is InChI=1S/C11H18N2O5/c1-8(11(17)13-4-2-3-5-13)12-9(14)6-18-7-10(15)16/h8H,2-7H2,1H3,(H,12,14)(H,15,16). The van der Waals surface area contributed by atoms with Gasteiger partial charge in [-0.25, -0.2) is 4.79 Å². The summed E-state index contributed by atoms with van der Waals surface area (Å²) < 4.78 is 4.63. The highest BCUT2D eigenvalue weighted by atomic mass is 16.5. The molecule has 0 aliphatic carbocycles. The number of carboxylic acids is 1. The molecule has 1 rings (SSSR count). The number of ether oxygens (including phenoxy) is 1. The smallest absolute Gasteiger partial charge is 0.329 e. The summed E-state index contributed by atoms with van der Waals surface area (Å²) in [7, 11) is 0. The van der Waals surface area contributed by atoms with Gasteiger partial charge in [-0.15, -0.1) is 0 Å². The Morgan fingerprint density at radius 3 is 2.44 bits per heavy atom. The maximum absolute atomic E-state index is 11.8. The number of carboxylic acid groups (broad SMARTS) is 1. The molecular formula is C11H18N2O5. The number of hydrogen-bond donors (Lipinski definition) is 2. The van der Waals surface area contributed by atoms with Crippen LogP contribution in [0.4, 0.5) is 0 Å². The minimum atomic E-state index is -1.14. The van der Waals surface area contributed by atoms with E-state index in [0.29, 0.717) is 0 Å². The van der Waals surface area contributed by atoms with Gasteiger partial charge in [0.05, 0.1) is 0 Å². The van der Waals surface area contributed by atoms with E-state index in [-0.39, 0.29) is 12.5 Å². The van der Waals surface area contributed by atoms with Crippen molar-refractivity contribution in [1.82, 2.24) is 10.2 Å². The molecule has 1 fully saturated rings. The van der Waals surface area contributed by atoms with Gasteiger partial charge in [0, 0.05) is 13.1 Å². The topological polar surface area (TPSA) is 95.9 Å². The van der Waals surface area contributed by atoms with Crippen LogP contribution in [-0.2, 0) is 19.1 Å². The van der Waals surface area contributed by atoms with Gasteiger partial charge >= 0.3 is 5.97 Å². The zero-order chi connectivity index (χ0) is 13.5. The Hall–Kier alpha value is -1.63. The summed E-state index contributed by atoms with van der Waals surface area (Å²) in [4.78, 5) is 35.1. The van der Waals surface area contributed by atoms with Gasteiger partial charge in [-0.05, 0) is 19.8 Å². The number of carbonyl (C=O) groups excluding carboxylic acids is 2. The van der Waals surface area contributed by atoms with Crippen molar-refractivity contribution in [2.45, 2.75) is 25.8 Å². The van der Waals surface area contributed by atoms with E-state index in [1.165, 1.54) is 0 Å². The molecule has 0 aromatic rings. The van der Waals surface area contributed by atoms with Crippen LogP contribution in [0, 0.1) is 0 Å². The second-order valence-corrected chi connectivity index (χ2v) is 4.21. The molecular weight excluding hydrogens is 240 g/mol. The molecule has 2 N–H and O–H groups in total. The summed E-state index contributed by atoms with van der Waals surface area (Å²) in [5.74, 6) is -1.74. The highest BCUT2D eigenvalue weighted by molar-refractivity contribution is 5.87. The van der Waals surface area contributed by atoms with Gasteiger partial charge in [-0.3, -0.25) is 9.59 Å². The molecule has 0 spiro atoms. The Morgan fingerprint density at radius 2 is 1.89 bits per heavy atom. The van der Waals surface area contributed by atoms with Gasteiger partial charge in [0.1, 0.15) is 19.3 Å². The summed E-state index contributed by atoms with van der Waals surface area (Å²) in [5.41, 5.74) is 0. The summed E-state index contributed by atoms with van der Waals surface area (Å²) in [6, 6.07) is -0.607. The lowest BCUT2D eigenvalue weighted by molar-refractivity contribution is -0.144. The van der Waals surface area contributed by atoms with Crippen LogP contribution in [0.2, 0.25) is 0 Å². The summed E-state index contributed by atoms with van der Waals surface area (Å²) in [6.45, 7) is 2.19. The molecule has 102 valence electrons. The van der Waals surface area contributed by atoms with Gasteiger partial charge in [0.15, 0.2) is 0 Å². The number of hydrogen-bond acceptors (Lipinski definition) is 4. The second-order valence-electron chi connectivity index (χ2n) is 4.21. The highest BCUT2D eigenvalue weighted by Crippen LogP contribution is 2.08. The summed E-state index contributed by atoms with van der Waals surface area (Å²) in [5, 5.41) is 10.8. The number of amides is 2. The van der Waals surface area contributed by atoms with Crippen LogP contribution < -0.4 is 5.32 Å². The van der Waals surface area contributed by atoms with Crippen molar-refractivity contribution >= 4 is 17.8 Å². The first kappa shape index (κ1) is 14.4. The molecule has 0 aromatic carbocycles. The lowest BCUT2D eigenvalue weighted by atomic mass is 10.3. The third-order valence-corrected chi connectivity index (χ3v) is 2.62. The quantitative estimate of drug-likeness (QED) is 0.651. The van der Waals surface area contributed by atoms with Crippen LogP contribution >= 0.6 is 0 Å². The van der Waals surface area contributed by atoms with Crippen LogP contribution in [0.1, 0.15) is 19.8 Å². The first-order valence-corrected chi connectivity index (χ1v) is 5.88. The SMILES string of the molecule is CC(NC(=O)COCC(=O)O)C(=O)N1CCCC1. The van der Waals surface area contributed by atoms with Gasteiger partial charge < -0.3 is 20.1 Å². The number of rotatable bonds is 6. The van der Waals surface area contributed by atoms with E-state index in [9.17, 15) is 14.4 Å². The van der Waals surface area contributed by atoms with Gasteiger partial charge in [0.25, 0.3) is 0 Å². The molecule has 1 atom stereocenters. The Labute approximate surface area is 105 Å². The summed E-state index contributed by atoms with van der Waals surface area (Å²) >= 11 is 0. The normalized spacial score (nSPS) is 16.4. The van der Waals surface area contributed by atoms with E-state index in [1.807, 2.05) is 0 Å². The van der Waals surface area contributed by atoms with Crippen molar-refractivity contribution in [2.75, 3.05) is 26.3 Å². The van der Waals surface area contributed by atoms with Crippen LogP contribution in [0.3, 0.4) is 0 Å². The Balaban J connectivity index is 2.25. The molecule has 18 heavy (non-hydrogen) atoms. The molecule has 1 aliphatic rings. The van der Waals surface area contributed by atoms with Crippen molar-refractivity contribution in [3.8, 4) is 0 Å². The Morgan fingerprint density at radius 1 is 1.28 bits per heavy atom. The molecule has 7 nitrogen and oxygen atoms in total. The maximum atomic E-state index is 11.8. The highest BCUT2D eigenvalue weighted by Gasteiger charge is 2.24. The molecule has 1 unspecified atom stereocenters. The van der Waals surface area contributed by atoms with Crippen LogP contribution in [0.15, 0.2) is 0 Å². The average molecular weight is 258 g/mol. The van der Waals surface area contributed by atoms with Crippen molar-refractivity contribution < 1.29 is 24.2 Å². The van der Waals surface area contributed by atoms with Crippen LogP contribution in [0.5, 0.6) is 0 Å². The number of likely N-dealkylation sites (tertiary alicyclic amines) is 1. The van der Waals surface area contributed by atoms with E-state index in [4.69, 9.17) is 5.11 Å². The fourth-order valence-corrected chi connectivity index (χ4v) is 1.79. The van der Waals surface area contributed by atoms with Gasteiger partial charge in [0.2, 0.25) is 11.8 Å². The Kier molecular flexibility index (Phi) is 5.57. The van der Waals surface area contributed by atoms with Crippen molar-refractivity contribution in [1.29, 1.82) is 0 Å². The number of carbonyl (C=O) groups is 3. The molecule has 0 radical (unpaired) electrons. The third kappa shape index (κ3) is 4.70. The van der Waals surface area contributed by atoms with E-state index in [0.717, 1.165) is 25.9 Å². The monoisotopic (exact) mass is 258 g/mol. The number of aliphatic carboxylic acids is 1. The predicted octanol–water partition coefficient (Wildman–Crippen LogP) is -0.785. The van der Waals surface area contributed by atoms with Crippen LogP contribution in [-0.4, -0.2) is 60.1 Å². The lowest BCUT2D eigenvalue weighted by Gasteiger charge is -2.21. The average Bonchev–Trinajstić information content (AvgIpc) is 2.80. The van der Waals surface area contributed by atoms with Crippen LogP contribution in [0.25, 0.3) is 0 Å². The fraction of sp³-hybridized carbons (Fsp3) is 0.727. The van der Waals surface area contributed by atoms with E-state index >= 15 is 0 Å². The molecule has 1 heterocycles. The molecule has 2 amide bonds. The number of nitrogens with zero attached hydrogens (tertiary/aromatic N) is 1. The Bertz CT molecular complexity index is 325. The lowest BCUT2D eigenvalue weighted by Crippen LogP contribution is -2.47. The minimum Gasteiger partial charge on any atom is -0.480 e. The molecule has 1 saturated heterocycles. The molecule has 1 aliphatic heterocycles. The fourth-order valence-electron chi connectivity index (χ4n) is 1.79. The summed E-state index contributed by atoms with van der Waals surface area (Å²) in [6.07, 6.45) is 1.99. The molecule has 0 bridgehead atoms. The van der Waals surface area contributed by atoms with Gasteiger partial charge in [-0.2, -0.15) is 0 Å². The third-order valence-electron chi connectivity index (χ3n) is 2.62. The van der Waals surface area contributed by atoms with E-state index in [1.54, 1.807) is 11.8 Å². The van der Waals surface area contributed by atoms with Crippen molar-refractivity contribution in [2.24, 2.45) is 0 Å². The minimum absolute atomic E-state index is 0.112. The largest absolute Gasteiger partial charge is 0.480 e. The van der Waals surface area contributed by atoms with Gasteiger partial charge in [-0.1, -0.05) is 0 Å². The zero-order valence-electron chi connectivity index (χ0n) is 10.3. The molecule has 0 aromatic heterocycles.